The van der Waals surface area contributed by atoms with Gasteiger partial charge in [-0.05, 0) is 12.1 Å². The Bertz CT molecular complexity index is 301. The summed E-state index contributed by atoms with van der Waals surface area (Å²) >= 11 is 0. The van der Waals surface area contributed by atoms with Gasteiger partial charge in [-0.2, -0.15) is 0 Å². The molecule has 0 unspecified atom stereocenters. The highest BCUT2D eigenvalue weighted by Crippen LogP contribution is 2.30. The van der Waals surface area contributed by atoms with Crippen molar-refractivity contribution in [3.05, 3.63) is 24.0 Å². The van der Waals surface area contributed by atoms with Crippen LogP contribution in [0.5, 0.6) is 5.75 Å². The van der Waals surface area contributed by atoms with E-state index in [1.54, 1.807) is 6.07 Å². The van der Waals surface area contributed by atoms with Crippen LogP contribution in [0.2, 0.25) is 0 Å². The Morgan fingerprint density at radius 1 is 1.36 bits per heavy atom. The molecule has 0 aromatic heterocycles. The molecule has 0 atom stereocenters. The van der Waals surface area contributed by atoms with Crippen LogP contribution in [-0.2, 0) is 0 Å². The molecule has 0 spiro atoms. The van der Waals surface area contributed by atoms with Gasteiger partial charge in [-0.3, -0.25) is 0 Å². The first-order valence-electron chi connectivity index (χ1n) is 4.91. The van der Waals surface area contributed by atoms with Gasteiger partial charge in [0.2, 0.25) is 0 Å². The molecule has 2 nitrogen and oxygen atoms in total. The van der Waals surface area contributed by atoms with Crippen LogP contribution in [0.25, 0.3) is 0 Å². The van der Waals surface area contributed by atoms with Crippen LogP contribution in [0.4, 0.5) is 10.1 Å². The molecule has 2 rings (SSSR count). The highest BCUT2D eigenvalue weighted by atomic mass is 19.1. The van der Waals surface area contributed by atoms with Crippen molar-refractivity contribution in [1.29, 1.82) is 0 Å². The molecular formula is C11H16FNO. The number of halogens is 1. The van der Waals surface area contributed by atoms with E-state index in [0.717, 1.165) is 18.0 Å². The lowest BCUT2D eigenvalue weighted by Crippen LogP contribution is -2.28. The van der Waals surface area contributed by atoms with E-state index in [-0.39, 0.29) is 5.82 Å². The second-order valence-electron chi connectivity index (χ2n) is 2.88. The molecule has 3 heteroatoms. The molecule has 0 bridgehead atoms. The third kappa shape index (κ3) is 2.16. The third-order valence-corrected chi connectivity index (χ3v) is 2.02. The smallest absolute Gasteiger partial charge is 0.142 e. The summed E-state index contributed by atoms with van der Waals surface area (Å²) in [5.74, 6) is 0.552. The van der Waals surface area contributed by atoms with Crippen molar-refractivity contribution in [2.45, 2.75) is 13.8 Å². The van der Waals surface area contributed by atoms with Crippen LogP contribution in [0.15, 0.2) is 18.2 Å². The number of fused-ring (bicyclic) bond motifs is 1. The van der Waals surface area contributed by atoms with Gasteiger partial charge in [-0.25, -0.2) is 4.39 Å². The predicted molar refractivity (Wildman–Crippen MR) is 56.5 cm³/mol. The van der Waals surface area contributed by atoms with Gasteiger partial charge >= 0.3 is 0 Å². The van der Waals surface area contributed by atoms with Crippen molar-refractivity contribution in [3.8, 4) is 5.75 Å². The van der Waals surface area contributed by atoms with E-state index in [2.05, 4.69) is 0 Å². The monoisotopic (exact) mass is 197 g/mol. The maximum atomic E-state index is 12.8. The highest BCUT2D eigenvalue weighted by Gasteiger charge is 2.14. The number of nitrogens with zero attached hydrogens (tertiary/aromatic N) is 1. The lowest BCUT2D eigenvalue weighted by Gasteiger charge is -2.27. The molecule has 1 heterocycles. The molecule has 0 radical (unpaired) electrons. The Labute approximate surface area is 84.3 Å². The molecule has 0 N–H and O–H groups in total. The van der Waals surface area contributed by atoms with Gasteiger partial charge in [0.05, 0.1) is 12.2 Å². The molecular weight excluding hydrogens is 181 g/mol. The average molecular weight is 197 g/mol. The van der Waals surface area contributed by atoms with Crippen molar-refractivity contribution < 1.29 is 9.13 Å². The minimum Gasteiger partial charge on any atom is -0.490 e. The lowest BCUT2D eigenvalue weighted by atomic mass is 10.2. The summed E-state index contributed by atoms with van der Waals surface area (Å²) in [7, 11) is 1.93. The number of ether oxygens (including phenoxy) is 1. The summed E-state index contributed by atoms with van der Waals surface area (Å²) in [6, 6.07) is 4.58. The van der Waals surface area contributed by atoms with E-state index < -0.39 is 0 Å². The van der Waals surface area contributed by atoms with Crippen LogP contribution in [0.1, 0.15) is 13.8 Å². The quantitative estimate of drug-likeness (QED) is 0.634. The topological polar surface area (TPSA) is 12.5 Å². The third-order valence-electron chi connectivity index (χ3n) is 2.02. The number of anilines is 1. The Morgan fingerprint density at radius 2 is 2.07 bits per heavy atom. The highest BCUT2D eigenvalue weighted by molar-refractivity contribution is 5.59. The summed E-state index contributed by atoms with van der Waals surface area (Å²) in [5, 5.41) is 0. The van der Waals surface area contributed by atoms with Crippen molar-refractivity contribution in [2.75, 3.05) is 25.1 Å². The number of hydrogen-bond acceptors (Lipinski definition) is 2. The van der Waals surface area contributed by atoms with Crippen LogP contribution in [-0.4, -0.2) is 20.2 Å². The maximum absolute atomic E-state index is 12.8. The summed E-state index contributed by atoms with van der Waals surface area (Å²) in [4.78, 5) is 1.99. The van der Waals surface area contributed by atoms with Gasteiger partial charge in [-0.1, -0.05) is 13.8 Å². The summed E-state index contributed by atoms with van der Waals surface area (Å²) in [6.07, 6.45) is 0. The lowest BCUT2D eigenvalue weighted by molar-refractivity contribution is 0.310. The van der Waals surface area contributed by atoms with Gasteiger partial charge in [0.1, 0.15) is 18.2 Å². The zero-order valence-electron chi connectivity index (χ0n) is 8.88. The Morgan fingerprint density at radius 3 is 2.79 bits per heavy atom. The second-order valence-corrected chi connectivity index (χ2v) is 2.88. The van der Waals surface area contributed by atoms with Crippen LogP contribution in [0.3, 0.4) is 0 Å². The fourth-order valence-corrected chi connectivity index (χ4v) is 1.32. The molecule has 0 aliphatic carbocycles. The molecule has 78 valence electrons. The first-order valence-corrected chi connectivity index (χ1v) is 4.91. The minimum atomic E-state index is -0.217. The summed E-state index contributed by atoms with van der Waals surface area (Å²) < 4.78 is 18.1. The molecule has 14 heavy (non-hydrogen) atoms. The van der Waals surface area contributed by atoms with Gasteiger partial charge in [0, 0.05) is 13.1 Å². The van der Waals surface area contributed by atoms with Crippen LogP contribution < -0.4 is 9.64 Å². The van der Waals surface area contributed by atoms with E-state index in [4.69, 9.17) is 4.74 Å². The zero-order chi connectivity index (χ0) is 10.6. The number of likely N-dealkylation sites (N-methyl/N-ethyl adjacent to an activating group) is 1. The zero-order valence-corrected chi connectivity index (χ0v) is 8.88. The number of rotatable bonds is 0. The van der Waals surface area contributed by atoms with E-state index >= 15 is 0 Å². The second kappa shape index (κ2) is 4.84. The Kier molecular flexibility index (Phi) is 3.74. The molecule has 1 aromatic carbocycles. The van der Waals surface area contributed by atoms with E-state index in [1.807, 2.05) is 25.8 Å². The molecule has 1 aromatic rings. The Balaban J connectivity index is 0.000000461. The van der Waals surface area contributed by atoms with E-state index in [9.17, 15) is 4.39 Å². The van der Waals surface area contributed by atoms with E-state index in [0.29, 0.717) is 6.61 Å². The Hall–Kier alpha value is -1.25. The van der Waals surface area contributed by atoms with Crippen LogP contribution >= 0.6 is 0 Å². The largest absolute Gasteiger partial charge is 0.490 e. The number of benzene rings is 1. The van der Waals surface area contributed by atoms with Crippen molar-refractivity contribution in [2.24, 2.45) is 0 Å². The first-order chi connectivity index (χ1) is 6.77. The van der Waals surface area contributed by atoms with E-state index in [1.165, 1.54) is 12.1 Å². The summed E-state index contributed by atoms with van der Waals surface area (Å²) in [5.41, 5.74) is 0.834. The van der Waals surface area contributed by atoms with Crippen LogP contribution in [0, 0.1) is 5.82 Å². The molecule has 0 amide bonds. The minimum absolute atomic E-state index is 0.217. The standard InChI is InChI=1S/C9H10FNO.C2H6/c1-11-4-5-12-9-3-2-7(10)6-8(9)11;1-2/h2-3,6H,4-5H2,1H3;1-2H3. The molecule has 1 aliphatic heterocycles. The van der Waals surface area contributed by atoms with Gasteiger partial charge in [0.15, 0.2) is 0 Å². The molecule has 0 saturated heterocycles. The van der Waals surface area contributed by atoms with Crippen molar-refractivity contribution >= 4 is 5.69 Å². The van der Waals surface area contributed by atoms with Gasteiger partial charge in [-0.15, -0.1) is 0 Å². The van der Waals surface area contributed by atoms with Crippen molar-refractivity contribution in [3.63, 3.8) is 0 Å². The summed E-state index contributed by atoms with van der Waals surface area (Å²) in [6.45, 7) is 5.49. The first kappa shape index (κ1) is 10.8. The van der Waals surface area contributed by atoms with Gasteiger partial charge < -0.3 is 9.64 Å². The fourth-order valence-electron chi connectivity index (χ4n) is 1.32. The molecule has 0 fully saturated rings. The average Bonchev–Trinajstić information content (AvgIpc) is 2.22. The van der Waals surface area contributed by atoms with Gasteiger partial charge in [0.25, 0.3) is 0 Å². The molecule has 1 aliphatic rings. The normalized spacial score (nSPS) is 13.6. The maximum Gasteiger partial charge on any atom is 0.142 e. The molecule has 0 saturated carbocycles. The SMILES string of the molecule is CC.CN1CCOc2ccc(F)cc21. The predicted octanol–water partition coefficient (Wildman–Crippen LogP) is 2.68. The number of hydrogen-bond donors (Lipinski definition) is 0. The fraction of sp³-hybridized carbons (Fsp3) is 0.455. The van der Waals surface area contributed by atoms with Crippen molar-refractivity contribution in [1.82, 2.24) is 0 Å².